The third kappa shape index (κ3) is 7.20. The molecule has 3 rings (SSSR count). The topological polar surface area (TPSA) is 92.8 Å². The molecule has 7 nitrogen and oxygen atoms in total. The minimum absolute atomic E-state index is 0.00218. The summed E-state index contributed by atoms with van der Waals surface area (Å²) in [6.07, 6.45) is -0.226. The zero-order valence-corrected chi connectivity index (χ0v) is 23.9. The van der Waals surface area contributed by atoms with Gasteiger partial charge in [0.15, 0.2) is 5.78 Å². The molecule has 37 heavy (non-hydrogen) atoms. The number of carbonyl (C=O) groups excluding carboxylic acids is 2. The number of nitrogens with zero attached hydrogens (tertiary/aromatic N) is 1. The quantitative estimate of drug-likeness (QED) is 0.560. The highest BCUT2D eigenvalue weighted by Gasteiger charge is 2.45. The van der Waals surface area contributed by atoms with E-state index in [2.05, 4.69) is 26.1 Å². The monoisotopic (exact) mass is 528 g/mol. The standard InChI is InChI=1S/C29H40N2O5S/c1-21-8-14-24(15-9-21)37(34,35)31-18-16-29(17-19-31,30-26(33)36-28(5,6)7)25(32)20-22-10-12-23(13-11-22)27(2,3)4/h8-15H,16-20H2,1-7H3,(H,30,33). The van der Waals surface area contributed by atoms with E-state index < -0.39 is 27.3 Å². The highest BCUT2D eigenvalue weighted by molar-refractivity contribution is 7.89. The number of nitrogens with one attached hydrogen (secondary N) is 1. The van der Waals surface area contributed by atoms with Crippen molar-refractivity contribution in [2.24, 2.45) is 0 Å². The molecule has 1 N–H and O–H groups in total. The fourth-order valence-electron chi connectivity index (χ4n) is 4.42. The van der Waals surface area contributed by atoms with Crippen molar-refractivity contribution in [2.75, 3.05) is 13.1 Å². The molecule has 0 aromatic heterocycles. The van der Waals surface area contributed by atoms with Crippen molar-refractivity contribution in [2.45, 2.75) is 89.2 Å². The van der Waals surface area contributed by atoms with Crippen molar-refractivity contribution in [1.82, 2.24) is 9.62 Å². The molecule has 1 saturated heterocycles. The molecule has 0 aliphatic carbocycles. The number of hydrogen-bond donors (Lipinski definition) is 1. The van der Waals surface area contributed by atoms with Gasteiger partial charge in [0.2, 0.25) is 10.0 Å². The van der Waals surface area contributed by atoms with Crippen LogP contribution < -0.4 is 5.32 Å². The van der Waals surface area contributed by atoms with Crippen LogP contribution in [0.2, 0.25) is 0 Å². The van der Waals surface area contributed by atoms with E-state index in [1.807, 2.05) is 31.2 Å². The van der Waals surface area contributed by atoms with Gasteiger partial charge in [0, 0.05) is 19.5 Å². The van der Waals surface area contributed by atoms with E-state index >= 15 is 0 Å². The average Bonchev–Trinajstić information content (AvgIpc) is 2.78. The van der Waals surface area contributed by atoms with Gasteiger partial charge < -0.3 is 10.1 Å². The number of carbonyl (C=O) groups is 2. The number of alkyl carbamates (subject to hydrolysis) is 1. The van der Waals surface area contributed by atoms with Gasteiger partial charge in [-0.15, -0.1) is 0 Å². The molecule has 2 aromatic rings. The van der Waals surface area contributed by atoms with Crippen LogP contribution in [0.4, 0.5) is 4.79 Å². The van der Waals surface area contributed by atoms with Gasteiger partial charge in [-0.05, 0) is 69.2 Å². The molecule has 0 saturated carbocycles. The van der Waals surface area contributed by atoms with Crippen molar-refractivity contribution in [3.63, 3.8) is 0 Å². The molecule has 0 radical (unpaired) electrons. The maximum absolute atomic E-state index is 13.7. The Morgan fingerprint density at radius 1 is 0.919 bits per heavy atom. The smallest absolute Gasteiger partial charge is 0.408 e. The van der Waals surface area contributed by atoms with E-state index in [4.69, 9.17) is 4.74 Å². The molecular weight excluding hydrogens is 488 g/mol. The third-order valence-corrected chi connectivity index (χ3v) is 8.61. The molecule has 1 aliphatic rings. The molecule has 0 bridgehead atoms. The Morgan fingerprint density at radius 3 is 1.95 bits per heavy atom. The first kappa shape index (κ1) is 28.9. The summed E-state index contributed by atoms with van der Waals surface area (Å²) in [6.45, 7) is 13.8. The predicted molar refractivity (Wildman–Crippen MR) is 145 cm³/mol. The van der Waals surface area contributed by atoms with Crippen LogP contribution in [0.25, 0.3) is 0 Å². The fraction of sp³-hybridized carbons (Fsp3) is 0.517. The number of rotatable bonds is 6. The first-order chi connectivity index (χ1) is 17.0. The average molecular weight is 529 g/mol. The lowest BCUT2D eigenvalue weighted by molar-refractivity contribution is -0.126. The molecule has 8 heteroatoms. The van der Waals surface area contributed by atoms with E-state index in [9.17, 15) is 18.0 Å². The Kier molecular flexibility index (Phi) is 8.25. The van der Waals surface area contributed by atoms with E-state index in [0.717, 1.165) is 11.1 Å². The van der Waals surface area contributed by atoms with Gasteiger partial charge in [0.25, 0.3) is 0 Å². The summed E-state index contributed by atoms with van der Waals surface area (Å²) in [5, 5.41) is 2.83. The van der Waals surface area contributed by atoms with Gasteiger partial charge in [0.1, 0.15) is 11.1 Å². The van der Waals surface area contributed by atoms with Crippen molar-refractivity contribution in [3.8, 4) is 0 Å². The molecule has 0 unspecified atom stereocenters. The summed E-state index contributed by atoms with van der Waals surface area (Å²) in [4.78, 5) is 26.7. The normalized spacial score (nSPS) is 16.7. The SMILES string of the molecule is Cc1ccc(S(=O)(=O)N2CCC(NC(=O)OC(C)(C)C)(C(=O)Cc3ccc(C(C)(C)C)cc3)CC2)cc1. The van der Waals surface area contributed by atoms with Crippen molar-refractivity contribution >= 4 is 21.9 Å². The molecule has 1 heterocycles. The maximum atomic E-state index is 13.7. The second-order valence-corrected chi connectivity index (χ2v) is 13.9. The van der Waals surface area contributed by atoms with Gasteiger partial charge >= 0.3 is 6.09 Å². The van der Waals surface area contributed by atoms with Crippen LogP contribution in [0.15, 0.2) is 53.4 Å². The fourth-order valence-corrected chi connectivity index (χ4v) is 5.86. The number of Topliss-reactive ketones (excluding diaryl/α,β-unsaturated/α-hetero) is 1. The lowest BCUT2D eigenvalue weighted by Crippen LogP contribution is -2.61. The summed E-state index contributed by atoms with van der Waals surface area (Å²) in [5.74, 6) is -0.158. The Bertz CT molecular complexity index is 1210. The summed E-state index contributed by atoms with van der Waals surface area (Å²) in [5.41, 5.74) is 1.03. The van der Waals surface area contributed by atoms with Crippen molar-refractivity contribution in [1.29, 1.82) is 0 Å². The Labute approximate surface area is 221 Å². The minimum atomic E-state index is -3.71. The zero-order valence-electron chi connectivity index (χ0n) is 23.1. The number of hydrogen-bond acceptors (Lipinski definition) is 5. The van der Waals surface area contributed by atoms with Crippen LogP contribution in [0, 0.1) is 6.92 Å². The number of aryl methyl sites for hydroxylation is 1. The van der Waals surface area contributed by atoms with Crippen LogP contribution >= 0.6 is 0 Å². The van der Waals surface area contributed by atoms with Gasteiger partial charge in [-0.1, -0.05) is 62.7 Å². The number of ketones is 1. The molecular formula is C29H40N2O5S. The Hall–Kier alpha value is -2.71. The first-order valence-corrected chi connectivity index (χ1v) is 14.2. The highest BCUT2D eigenvalue weighted by Crippen LogP contribution is 2.30. The van der Waals surface area contributed by atoms with E-state index in [1.165, 1.54) is 9.87 Å². The van der Waals surface area contributed by atoms with Gasteiger partial charge in [-0.25, -0.2) is 13.2 Å². The molecule has 1 amide bonds. The zero-order chi connectivity index (χ0) is 27.6. The maximum Gasteiger partial charge on any atom is 0.408 e. The van der Waals surface area contributed by atoms with Crippen molar-refractivity contribution in [3.05, 3.63) is 65.2 Å². The molecule has 202 valence electrons. The second-order valence-electron chi connectivity index (χ2n) is 12.0. The summed E-state index contributed by atoms with van der Waals surface area (Å²) >= 11 is 0. The van der Waals surface area contributed by atoms with Crippen LogP contribution in [0.5, 0.6) is 0 Å². The first-order valence-electron chi connectivity index (χ1n) is 12.7. The number of ether oxygens (including phenoxy) is 1. The third-order valence-electron chi connectivity index (χ3n) is 6.69. The Balaban J connectivity index is 1.82. The minimum Gasteiger partial charge on any atom is -0.444 e. The van der Waals surface area contributed by atoms with E-state index in [0.29, 0.717) is 0 Å². The number of piperidine rings is 1. The van der Waals surface area contributed by atoms with Gasteiger partial charge in [-0.3, -0.25) is 4.79 Å². The van der Waals surface area contributed by atoms with Crippen LogP contribution in [-0.2, 0) is 31.4 Å². The summed E-state index contributed by atoms with van der Waals surface area (Å²) in [6, 6.07) is 14.6. The van der Waals surface area contributed by atoms with Crippen LogP contribution in [-0.4, -0.2) is 48.8 Å². The van der Waals surface area contributed by atoms with Crippen LogP contribution in [0.1, 0.15) is 71.1 Å². The molecule has 0 spiro atoms. The molecule has 1 fully saturated rings. The van der Waals surface area contributed by atoms with Gasteiger partial charge in [0.05, 0.1) is 4.90 Å². The van der Waals surface area contributed by atoms with Crippen LogP contribution in [0.3, 0.4) is 0 Å². The largest absolute Gasteiger partial charge is 0.444 e. The summed E-state index contributed by atoms with van der Waals surface area (Å²) in [7, 11) is -3.71. The molecule has 2 aromatic carbocycles. The second kappa shape index (κ2) is 10.6. The van der Waals surface area contributed by atoms with E-state index in [-0.39, 0.29) is 48.4 Å². The number of benzene rings is 2. The molecule has 0 atom stereocenters. The van der Waals surface area contributed by atoms with E-state index in [1.54, 1.807) is 45.0 Å². The lowest BCUT2D eigenvalue weighted by Gasteiger charge is -2.41. The summed E-state index contributed by atoms with van der Waals surface area (Å²) < 4.78 is 33.3. The number of sulfonamides is 1. The van der Waals surface area contributed by atoms with Crippen molar-refractivity contribution < 1.29 is 22.7 Å². The Morgan fingerprint density at radius 2 is 1.46 bits per heavy atom. The highest BCUT2D eigenvalue weighted by atomic mass is 32.2. The van der Waals surface area contributed by atoms with Gasteiger partial charge in [-0.2, -0.15) is 4.31 Å². The predicted octanol–water partition coefficient (Wildman–Crippen LogP) is 5.15. The molecule has 1 aliphatic heterocycles. The number of amides is 1. The lowest BCUT2D eigenvalue weighted by atomic mass is 9.81.